The van der Waals surface area contributed by atoms with Crippen LogP contribution in [0, 0.1) is 12.7 Å². The second-order valence-electron chi connectivity index (χ2n) is 4.06. The van der Waals surface area contributed by atoms with E-state index in [9.17, 15) is 17.9 Å². The van der Waals surface area contributed by atoms with Crippen molar-refractivity contribution in [2.24, 2.45) is 0 Å². The first-order valence-corrected chi connectivity index (χ1v) is 6.95. The van der Waals surface area contributed by atoms with Crippen LogP contribution in [0.3, 0.4) is 0 Å². The van der Waals surface area contributed by atoms with Gasteiger partial charge in [0.25, 0.3) is 10.0 Å². The van der Waals surface area contributed by atoms with Crippen molar-refractivity contribution >= 4 is 15.7 Å². The maximum atomic E-state index is 13.0. The topological polar surface area (TPSA) is 66.4 Å². The second kappa shape index (κ2) is 4.89. The summed E-state index contributed by atoms with van der Waals surface area (Å²) in [6.07, 6.45) is 0. The predicted molar refractivity (Wildman–Crippen MR) is 70.1 cm³/mol. The number of aryl methyl sites for hydroxylation is 1. The first-order chi connectivity index (χ1) is 8.88. The molecule has 0 amide bonds. The predicted octanol–water partition coefficient (Wildman–Crippen LogP) is 2.64. The zero-order valence-electron chi connectivity index (χ0n) is 10.1. The summed E-state index contributed by atoms with van der Waals surface area (Å²) in [7, 11) is -3.87. The highest BCUT2D eigenvalue weighted by atomic mass is 32.2. The lowest BCUT2D eigenvalue weighted by atomic mass is 10.2. The monoisotopic (exact) mass is 281 g/mol. The van der Waals surface area contributed by atoms with Gasteiger partial charge in [-0.25, -0.2) is 12.8 Å². The molecule has 2 aromatic rings. The number of phenolic OH excluding ortho intramolecular Hbond substituents is 1. The van der Waals surface area contributed by atoms with Crippen LogP contribution in [-0.4, -0.2) is 13.5 Å². The van der Waals surface area contributed by atoms with E-state index in [1.54, 1.807) is 13.0 Å². The summed E-state index contributed by atoms with van der Waals surface area (Å²) in [5.74, 6) is -0.644. The van der Waals surface area contributed by atoms with E-state index >= 15 is 0 Å². The number of rotatable bonds is 3. The molecule has 4 nitrogen and oxygen atoms in total. The van der Waals surface area contributed by atoms with Gasteiger partial charge in [-0.1, -0.05) is 12.1 Å². The molecule has 0 aromatic heterocycles. The molecule has 0 aliphatic rings. The lowest BCUT2D eigenvalue weighted by molar-refractivity contribution is 0.471. The van der Waals surface area contributed by atoms with E-state index in [2.05, 4.69) is 4.72 Å². The van der Waals surface area contributed by atoms with Crippen LogP contribution in [0.2, 0.25) is 0 Å². The molecule has 0 aliphatic carbocycles. The van der Waals surface area contributed by atoms with Crippen LogP contribution >= 0.6 is 0 Å². The van der Waals surface area contributed by atoms with E-state index in [0.717, 1.165) is 12.1 Å². The number of sulfonamides is 1. The summed E-state index contributed by atoms with van der Waals surface area (Å²) >= 11 is 0. The number of nitrogens with one attached hydrogen (secondary N) is 1. The van der Waals surface area contributed by atoms with Crippen molar-refractivity contribution in [3.8, 4) is 5.75 Å². The molecule has 0 atom stereocenters. The van der Waals surface area contributed by atoms with Crippen LogP contribution in [0.15, 0.2) is 47.4 Å². The Hall–Kier alpha value is -2.08. The molecule has 0 bridgehead atoms. The van der Waals surface area contributed by atoms with Crippen molar-refractivity contribution in [3.05, 3.63) is 53.8 Å². The molecule has 0 saturated carbocycles. The van der Waals surface area contributed by atoms with Crippen LogP contribution in [-0.2, 0) is 10.0 Å². The van der Waals surface area contributed by atoms with Crippen molar-refractivity contribution in [3.63, 3.8) is 0 Å². The minimum Gasteiger partial charge on any atom is -0.508 e. The van der Waals surface area contributed by atoms with Crippen molar-refractivity contribution in [1.82, 2.24) is 0 Å². The van der Waals surface area contributed by atoms with Crippen LogP contribution in [0.25, 0.3) is 0 Å². The molecule has 0 spiro atoms. The standard InChI is InChI=1S/C13H12FNO3S/c1-9-5-6-11(8-13(9)16)15-19(17,18)12-4-2-3-10(14)7-12/h2-8,15-16H,1H3. The second-order valence-corrected chi connectivity index (χ2v) is 5.75. The summed E-state index contributed by atoms with van der Waals surface area (Å²) in [4.78, 5) is -0.174. The Kier molecular flexibility index (Phi) is 3.44. The Morgan fingerprint density at radius 2 is 1.89 bits per heavy atom. The van der Waals surface area contributed by atoms with Crippen molar-refractivity contribution in [2.75, 3.05) is 4.72 Å². The molecule has 2 rings (SSSR count). The number of halogens is 1. The van der Waals surface area contributed by atoms with Crippen molar-refractivity contribution < 1.29 is 17.9 Å². The van der Waals surface area contributed by atoms with E-state index in [1.165, 1.54) is 24.3 Å². The fourth-order valence-electron chi connectivity index (χ4n) is 1.52. The number of hydrogen-bond donors (Lipinski definition) is 2. The van der Waals surface area contributed by atoms with Gasteiger partial charge < -0.3 is 5.11 Å². The normalized spacial score (nSPS) is 11.3. The van der Waals surface area contributed by atoms with Gasteiger partial charge in [-0.15, -0.1) is 0 Å². The smallest absolute Gasteiger partial charge is 0.261 e. The van der Waals surface area contributed by atoms with E-state index in [0.29, 0.717) is 5.56 Å². The molecule has 0 saturated heterocycles. The lowest BCUT2D eigenvalue weighted by Crippen LogP contribution is -2.13. The van der Waals surface area contributed by atoms with Gasteiger partial charge in [0.1, 0.15) is 11.6 Å². The van der Waals surface area contributed by atoms with Crippen LogP contribution < -0.4 is 4.72 Å². The third-order valence-corrected chi connectivity index (χ3v) is 3.95. The van der Waals surface area contributed by atoms with Crippen LogP contribution in [0.1, 0.15) is 5.56 Å². The Bertz CT molecular complexity index is 714. The van der Waals surface area contributed by atoms with Gasteiger partial charge >= 0.3 is 0 Å². The SMILES string of the molecule is Cc1ccc(NS(=O)(=O)c2cccc(F)c2)cc1O. The third-order valence-electron chi connectivity index (χ3n) is 2.57. The Balaban J connectivity index is 2.33. The van der Waals surface area contributed by atoms with Crippen molar-refractivity contribution in [1.29, 1.82) is 0 Å². The van der Waals surface area contributed by atoms with Gasteiger partial charge in [-0.3, -0.25) is 4.72 Å². The molecule has 6 heteroatoms. The summed E-state index contributed by atoms with van der Waals surface area (Å²) in [5.41, 5.74) is 0.848. The quantitative estimate of drug-likeness (QED) is 0.909. The van der Waals surface area contributed by atoms with Crippen molar-refractivity contribution in [2.45, 2.75) is 11.8 Å². The highest BCUT2D eigenvalue weighted by Gasteiger charge is 2.15. The maximum absolute atomic E-state index is 13.0. The van der Waals surface area contributed by atoms with Gasteiger partial charge in [-0.2, -0.15) is 0 Å². The molecule has 0 fully saturated rings. The molecule has 2 aromatic carbocycles. The summed E-state index contributed by atoms with van der Waals surface area (Å²) in [5, 5.41) is 9.52. The average molecular weight is 281 g/mol. The fraction of sp³-hybridized carbons (Fsp3) is 0.0769. The van der Waals surface area contributed by atoms with E-state index in [-0.39, 0.29) is 16.3 Å². The minimum atomic E-state index is -3.87. The molecule has 19 heavy (non-hydrogen) atoms. The number of phenols is 1. The van der Waals surface area contributed by atoms with Gasteiger partial charge in [0.05, 0.1) is 10.6 Å². The Morgan fingerprint density at radius 3 is 2.53 bits per heavy atom. The largest absolute Gasteiger partial charge is 0.508 e. The Morgan fingerprint density at radius 1 is 1.16 bits per heavy atom. The maximum Gasteiger partial charge on any atom is 0.261 e. The zero-order valence-corrected chi connectivity index (χ0v) is 10.9. The van der Waals surface area contributed by atoms with E-state index < -0.39 is 15.8 Å². The van der Waals surface area contributed by atoms with E-state index in [1.807, 2.05) is 0 Å². The highest BCUT2D eigenvalue weighted by molar-refractivity contribution is 7.92. The van der Waals surface area contributed by atoms with Gasteiger partial charge in [0.2, 0.25) is 0 Å². The number of anilines is 1. The fourth-order valence-corrected chi connectivity index (χ4v) is 2.60. The average Bonchev–Trinajstić information content (AvgIpc) is 2.33. The summed E-state index contributed by atoms with van der Waals surface area (Å²) in [6, 6.07) is 9.10. The van der Waals surface area contributed by atoms with Gasteiger partial charge in [0, 0.05) is 6.07 Å². The molecule has 0 radical (unpaired) electrons. The van der Waals surface area contributed by atoms with Crippen LogP contribution in [0.5, 0.6) is 5.75 Å². The molecule has 2 N–H and O–H groups in total. The first kappa shape index (κ1) is 13.4. The highest BCUT2D eigenvalue weighted by Crippen LogP contribution is 2.23. The lowest BCUT2D eigenvalue weighted by Gasteiger charge is -2.09. The molecule has 0 aliphatic heterocycles. The number of hydrogen-bond acceptors (Lipinski definition) is 3. The Labute approximate surface area is 110 Å². The minimum absolute atomic E-state index is 0.0144. The van der Waals surface area contributed by atoms with Gasteiger partial charge in [-0.05, 0) is 36.8 Å². The third kappa shape index (κ3) is 3.03. The first-order valence-electron chi connectivity index (χ1n) is 5.46. The molecule has 100 valence electrons. The molecular weight excluding hydrogens is 269 g/mol. The molecular formula is C13H12FNO3S. The summed E-state index contributed by atoms with van der Waals surface area (Å²) < 4.78 is 39.3. The van der Waals surface area contributed by atoms with Crippen LogP contribution in [0.4, 0.5) is 10.1 Å². The molecule has 0 unspecified atom stereocenters. The zero-order chi connectivity index (χ0) is 14.0. The summed E-state index contributed by atoms with van der Waals surface area (Å²) in [6.45, 7) is 1.69. The van der Waals surface area contributed by atoms with E-state index in [4.69, 9.17) is 0 Å². The number of aromatic hydroxyl groups is 1. The number of benzene rings is 2. The van der Waals surface area contributed by atoms with Gasteiger partial charge in [0.15, 0.2) is 0 Å². The molecule has 0 heterocycles.